The normalized spacial score (nSPS) is 21.3. The molecule has 0 saturated carbocycles. The molecule has 4 heteroatoms. The van der Waals surface area contributed by atoms with Crippen molar-refractivity contribution in [1.29, 1.82) is 0 Å². The van der Waals surface area contributed by atoms with Gasteiger partial charge in [-0.25, -0.2) is 4.98 Å². The van der Waals surface area contributed by atoms with Crippen LogP contribution in [0, 0.1) is 5.92 Å². The average molecular weight is 227 g/mol. The van der Waals surface area contributed by atoms with E-state index in [0.29, 0.717) is 10.9 Å². The van der Waals surface area contributed by atoms with Gasteiger partial charge in [-0.15, -0.1) is 0 Å². The Kier molecular flexibility index (Phi) is 3.80. The van der Waals surface area contributed by atoms with Crippen LogP contribution in [-0.2, 0) is 4.74 Å². The number of rotatable bonds is 3. The van der Waals surface area contributed by atoms with Gasteiger partial charge in [0, 0.05) is 19.3 Å². The first-order chi connectivity index (χ1) is 7.34. The molecule has 2 rings (SSSR count). The van der Waals surface area contributed by atoms with Gasteiger partial charge in [-0.1, -0.05) is 11.6 Å². The summed E-state index contributed by atoms with van der Waals surface area (Å²) in [6, 6.07) is 3.74. The van der Waals surface area contributed by atoms with Crippen molar-refractivity contribution in [2.24, 2.45) is 5.92 Å². The third-order valence-electron chi connectivity index (χ3n) is 2.55. The van der Waals surface area contributed by atoms with Crippen molar-refractivity contribution >= 4 is 17.4 Å². The highest BCUT2D eigenvalue weighted by atomic mass is 35.5. The summed E-state index contributed by atoms with van der Waals surface area (Å²) in [6.07, 6.45) is 4.06. The number of aromatic nitrogens is 1. The second kappa shape index (κ2) is 5.33. The van der Waals surface area contributed by atoms with Crippen LogP contribution >= 0.6 is 11.6 Å². The number of pyridine rings is 1. The summed E-state index contributed by atoms with van der Waals surface area (Å²) in [5.41, 5.74) is 0. The van der Waals surface area contributed by atoms with Crippen LogP contribution in [0.5, 0.6) is 0 Å². The lowest BCUT2D eigenvalue weighted by molar-refractivity contribution is 0.0595. The van der Waals surface area contributed by atoms with Gasteiger partial charge in [-0.3, -0.25) is 0 Å². The molecule has 0 bridgehead atoms. The Hall–Kier alpha value is -0.800. The van der Waals surface area contributed by atoms with Crippen LogP contribution < -0.4 is 5.32 Å². The highest BCUT2D eigenvalue weighted by molar-refractivity contribution is 6.30. The first kappa shape index (κ1) is 10.7. The Labute approximate surface area is 94.8 Å². The van der Waals surface area contributed by atoms with Crippen molar-refractivity contribution < 1.29 is 4.74 Å². The first-order valence-corrected chi connectivity index (χ1v) is 5.65. The van der Waals surface area contributed by atoms with E-state index in [1.807, 2.05) is 12.1 Å². The van der Waals surface area contributed by atoms with Gasteiger partial charge in [0.1, 0.15) is 5.82 Å². The lowest BCUT2D eigenvalue weighted by Crippen LogP contribution is -2.24. The average Bonchev–Trinajstić information content (AvgIpc) is 2.30. The van der Waals surface area contributed by atoms with Crippen molar-refractivity contribution in [3.63, 3.8) is 0 Å². The van der Waals surface area contributed by atoms with Crippen LogP contribution in [-0.4, -0.2) is 24.7 Å². The number of anilines is 1. The molecule has 1 unspecified atom stereocenters. The fourth-order valence-electron chi connectivity index (χ4n) is 1.70. The third kappa shape index (κ3) is 3.36. The zero-order valence-electron chi connectivity index (χ0n) is 8.58. The van der Waals surface area contributed by atoms with E-state index in [4.69, 9.17) is 16.3 Å². The summed E-state index contributed by atoms with van der Waals surface area (Å²) in [6.45, 7) is 2.70. The van der Waals surface area contributed by atoms with Crippen molar-refractivity contribution in [1.82, 2.24) is 4.98 Å². The van der Waals surface area contributed by atoms with Crippen molar-refractivity contribution in [3.8, 4) is 0 Å². The van der Waals surface area contributed by atoms with Crippen molar-refractivity contribution in [3.05, 3.63) is 23.4 Å². The molecule has 3 nitrogen and oxygen atoms in total. The Morgan fingerprint density at radius 2 is 2.47 bits per heavy atom. The van der Waals surface area contributed by atoms with Gasteiger partial charge in [0.2, 0.25) is 0 Å². The summed E-state index contributed by atoms with van der Waals surface area (Å²) in [5, 5.41) is 3.96. The molecule has 1 aliphatic rings. The molecule has 1 fully saturated rings. The summed E-state index contributed by atoms with van der Waals surface area (Å²) >= 11 is 5.75. The fraction of sp³-hybridized carbons (Fsp3) is 0.545. The second-order valence-electron chi connectivity index (χ2n) is 3.83. The Balaban J connectivity index is 1.79. The zero-order valence-corrected chi connectivity index (χ0v) is 9.33. The zero-order chi connectivity index (χ0) is 10.5. The SMILES string of the molecule is Clc1ccc(NCC2CCCOC2)nc1. The Morgan fingerprint density at radius 3 is 3.13 bits per heavy atom. The Morgan fingerprint density at radius 1 is 1.53 bits per heavy atom. The quantitative estimate of drug-likeness (QED) is 0.860. The smallest absolute Gasteiger partial charge is 0.125 e. The first-order valence-electron chi connectivity index (χ1n) is 5.28. The molecule has 1 atom stereocenters. The molecule has 0 aliphatic carbocycles. The van der Waals surface area contributed by atoms with Crippen molar-refractivity contribution in [2.75, 3.05) is 25.1 Å². The van der Waals surface area contributed by atoms with Gasteiger partial charge < -0.3 is 10.1 Å². The molecule has 82 valence electrons. The topological polar surface area (TPSA) is 34.1 Å². The molecular formula is C11H15ClN2O. The van der Waals surface area contributed by atoms with Crippen LogP contribution in [0.2, 0.25) is 5.02 Å². The molecule has 1 aliphatic heterocycles. The van der Waals surface area contributed by atoms with E-state index in [9.17, 15) is 0 Å². The predicted molar refractivity (Wildman–Crippen MR) is 61.3 cm³/mol. The lowest BCUT2D eigenvalue weighted by Gasteiger charge is -2.22. The maximum absolute atomic E-state index is 5.75. The standard InChI is InChI=1S/C11H15ClN2O/c12-10-3-4-11(14-7-10)13-6-9-2-1-5-15-8-9/h3-4,7,9H,1-2,5-6,8H2,(H,13,14). The monoisotopic (exact) mass is 226 g/mol. The minimum atomic E-state index is 0.608. The summed E-state index contributed by atoms with van der Waals surface area (Å²) in [4.78, 5) is 4.18. The number of nitrogens with one attached hydrogen (secondary N) is 1. The number of nitrogens with zero attached hydrogens (tertiary/aromatic N) is 1. The van der Waals surface area contributed by atoms with E-state index in [0.717, 1.165) is 25.6 Å². The van der Waals surface area contributed by atoms with Crippen LogP contribution in [0.15, 0.2) is 18.3 Å². The van der Waals surface area contributed by atoms with E-state index >= 15 is 0 Å². The second-order valence-corrected chi connectivity index (χ2v) is 4.26. The van der Waals surface area contributed by atoms with Gasteiger partial charge in [-0.05, 0) is 30.9 Å². The molecule has 1 N–H and O–H groups in total. The number of hydrogen-bond acceptors (Lipinski definition) is 3. The van der Waals surface area contributed by atoms with E-state index in [2.05, 4.69) is 10.3 Å². The van der Waals surface area contributed by atoms with Crippen LogP contribution in [0.4, 0.5) is 5.82 Å². The minimum Gasteiger partial charge on any atom is -0.381 e. The lowest BCUT2D eigenvalue weighted by atomic mass is 10.0. The maximum atomic E-state index is 5.75. The van der Waals surface area contributed by atoms with E-state index < -0.39 is 0 Å². The van der Waals surface area contributed by atoms with Gasteiger partial charge in [0.05, 0.1) is 11.6 Å². The molecule has 1 saturated heterocycles. The summed E-state index contributed by atoms with van der Waals surface area (Å²) in [7, 11) is 0. The summed E-state index contributed by atoms with van der Waals surface area (Å²) < 4.78 is 5.41. The Bertz CT molecular complexity index is 296. The van der Waals surface area contributed by atoms with Gasteiger partial charge in [-0.2, -0.15) is 0 Å². The van der Waals surface area contributed by atoms with E-state index in [1.54, 1.807) is 6.20 Å². The molecule has 2 heterocycles. The minimum absolute atomic E-state index is 0.608. The molecule has 1 aromatic heterocycles. The highest BCUT2D eigenvalue weighted by Gasteiger charge is 2.13. The van der Waals surface area contributed by atoms with E-state index in [1.165, 1.54) is 12.8 Å². The molecule has 15 heavy (non-hydrogen) atoms. The molecule has 0 spiro atoms. The molecule has 0 amide bonds. The van der Waals surface area contributed by atoms with Crippen LogP contribution in [0.25, 0.3) is 0 Å². The molecule has 0 radical (unpaired) electrons. The van der Waals surface area contributed by atoms with Crippen LogP contribution in [0.1, 0.15) is 12.8 Å². The molecule has 0 aromatic carbocycles. The van der Waals surface area contributed by atoms with Crippen LogP contribution in [0.3, 0.4) is 0 Å². The summed E-state index contributed by atoms with van der Waals surface area (Å²) in [5.74, 6) is 1.49. The highest BCUT2D eigenvalue weighted by Crippen LogP contribution is 2.15. The number of ether oxygens (including phenoxy) is 1. The largest absolute Gasteiger partial charge is 0.381 e. The third-order valence-corrected chi connectivity index (χ3v) is 2.78. The number of halogens is 1. The molecular weight excluding hydrogens is 212 g/mol. The number of hydrogen-bond donors (Lipinski definition) is 1. The van der Waals surface area contributed by atoms with Crippen molar-refractivity contribution in [2.45, 2.75) is 12.8 Å². The van der Waals surface area contributed by atoms with Gasteiger partial charge >= 0.3 is 0 Å². The van der Waals surface area contributed by atoms with Gasteiger partial charge in [0.25, 0.3) is 0 Å². The maximum Gasteiger partial charge on any atom is 0.125 e. The van der Waals surface area contributed by atoms with E-state index in [-0.39, 0.29) is 0 Å². The van der Waals surface area contributed by atoms with Gasteiger partial charge in [0.15, 0.2) is 0 Å². The fourth-order valence-corrected chi connectivity index (χ4v) is 1.81. The predicted octanol–water partition coefficient (Wildman–Crippen LogP) is 2.57. The molecule has 1 aromatic rings.